The lowest BCUT2D eigenvalue weighted by Gasteiger charge is -2.25. The number of carbonyl (C=O) groups is 1. The first-order valence-corrected chi connectivity index (χ1v) is 6.69. The van der Waals surface area contributed by atoms with Crippen molar-refractivity contribution in [3.8, 4) is 0 Å². The summed E-state index contributed by atoms with van der Waals surface area (Å²) in [5, 5.41) is 0.583. The van der Waals surface area contributed by atoms with Gasteiger partial charge in [-0.1, -0.05) is 11.6 Å². The lowest BCUT2D eigenvalue weighted by molar-refractivity contribution is 0.112. The zero-order valence-corrected chi connectivity index (χ0v) is 11.1. The summed E-state index contributed by atoms with van der Waals surface area (Å²) in [6.07, 6.45) is 4.84. The predicted molar refractivity (Wildman–Crippen MR) is 74.8 cm³/mol. The average molecular weight is 276 g/mol. The Morgan fingerprint density at radius 1 is 1.37 bits per heavy atom. The molecule has 0 atom stereocenters. The molecular weight excluding hydrogens is 262 g/mol. The van der Waals surface area contributed by atoms with Crippen LogP contribution in [0.25, 0.3) is 0 Å². The highest BCUT2D eigenvalue weighted by molar-refractivity contribution is 6.31. The van der Waals surface area contributed by atoms with Crippen molar-refractivity contribution in [3.05, 3.63) is 52.9 Å². The van der Waals surface area contributed by atoms with E-state index in [0.717, 1.165) is 30.6 Å². The van der Waals surface area contributed by atoms with Crippen molar-refractivity contribution in [1.29, 1.82) is 0 Å². The zero-order chi connectivity index (χ0) is 13.2. The molecule has 3 nitrogen and oxygen atoms in total. The van der Waals surface area contributed by atoms with Crippen molar-refractivity contribution in [3.63, 3.8) is 0 Å². The molecule has 19 heavy (non-hydrogen) atoms. The van der Waals surface area contributed by atoms with E-state index in [1.54, 1.807) is 12.3 Å². The maximum Gasteiger partial charge on any atom is 0.152 e. The van der Waals surface area contributed by atoms with E-state index in [1.165, 1.54) is 0 Å². The van der Waals surface area contributed by atoms with Crippen LogP contribution in [0.5, 0.6) is 0 Å². The smallest absolute Gasteiger partial charge is 0.152 e. The molecule has 0 spiro atoms. The molecule has 0 amide bonds. The number of carbonyl (C=O) groups excluding carboxylic acids is 1. The van der Waals surface area contributed by atoms with Gasteiger partial charge in [-0.15, -0.1) is 0 Å². The van der Waals surface area contributed by atoms with Gasteiger partial charge in [0.2, 0.25) is 0 Å². The third-order valence-electron chi connectivity index (χ3n) is 3.32. The standard InChI is InChI=1S/C15H14ClNO2/c16-12-3-6-15(11(8-12)10-18)17(13-4-5-13)9-14-2-1-7-19-14/h1-3,6-8,10,13H,4-5,9H2. The Kier molecular flexibility index (Phi) is 3.30. The monoisotopic (exact) mass is 275 g/mol. The Hall–Kier alpha value is -1.74. The first-order valence-electron chi connectivity index (χ1n) is 6.31. The Morgan fingerprint density at radius 2 is 2.21 bits per heavy atom. The number of halogens is 1. The van der Waals surface area contributed by atoms with E-state index in [0.29, 0.717) is 23.2 Å². The number of hydrogen-bond donors (Lipinski definition) is 0. The molecule has 1 aliphatic carbocycles. The van der Waals surface area contributed by atoms with Gasteiger partial charge in [0.15, 0.2) is 6.29 Å². The molecule has 1 heterocycles. The summed E-state index contributed by atoms with van der Waals surface area (Å²) in [6.45, 7) is 0.681. The second-order valence-electron chi connectivity index (χ2n) is 4.76. The summed E-state index contributed by atoms with van der Waals surface area (Å²) in [7, 11) is 0. The summed E-state index contributed by atoms with van der Waals surface area (Å²) in [4.78, 5) is 13.4. The van der Waals surface area contributed by atoms with Gasteiger partial charge in [0, 0.05) is 22.3 Å². The highest BCUT2D eigenvalue weighted by Gasteiger charge is 2.31. The normalized spacial score (nSPS) is 14.4. The topological polar surface area (TPSA) is 33.5 Å². The van der Waals surface area contributed by atoms with E-state index < -0.39 is 0 Å². The highest BCUT2D eigenvalue weighted by Crippen LogP contribution is 2.35. The van der Waals surface area contributed by atoms with Gasteiger partial charge in [0.05, 0.1) is 12.8 Å². The van der Waals surface area contributed by atoms with Crippen LogP contribution in [0.1, 0.15) is 29.0 Å². The van der Waals surface area contributed by atoms with Crippen molar-refractivity contribution in [2.24, 2.45) is 0 Å². The molecule has 0 aliphatic heterocycles. The Morgan fingerprint density at radius 3 is 2.84 bits per heavy atom. The molecule has 0 bridgehead atoms. The number of hydrogen-bond acceptors (Lipinski definition) is 3. The van der Waals surface area contributed by atoms with Crippen LogP contribution in [-0.4, -0.2) is 12.3 Å². The minimum absolute atomic E-state index is 0.491. The SMILES string of the molecule is O=Cc1cc(Cl)ccc1N(Cc1ccco1)C1CC1. The van der Waals surface area contributed by atoms with Crippen molar-refractivity contribution in [2.45, 2.75) is 25.4 Å². The molecule has 1 aromatic carbocycles. The lowest BCUT2D eigenvalue weighted by Crippen LogP contribution is -2.25. The molecule has 1 saturated carbocycles. The Labute approximate surface area is 116 Å². The molecule has 3 rings (SSSR count). The second-order valence-corrected chi connectivity index (χ2v) is 5.20. The largest absolute Gasteiger partial charge is 0.467 e. The quantitative estimate of drug-likeness (QED) is 0.776. The van der Waals surface area contributed by atoms with E-state index in [2.05, 4.69) is 4.90 Å². The van der Waals surface area contributed by atoms with Crippen LogP contribution in [0.2, 0.25) is 5.02 Å². The van der Waals surface area contributed by atoms with Gasteiger partial charge in [-0.05, 0) is 43.2 Å². The minimum atomic E-state index is 0.491. The van der Waals surface area contributed by atoms with Crippen LogP contribution in [0.4, 0.5) is 5.69 Å². The van der Waals surface area contributed by atoms with Gasteiger partial charge >= 0.3 is 0 Å². The number of nitrogens with zero attached hydrogens (tertiary/aromatic N) is 1. The first-order chi connectivity index (χ1) is 9.28. The van der Waals surface area contributed by atoms with Crippen molar-refractivity contribution in [1.82, 2.24) is 0 Å². The zero-order valence-electron chi connectivity index (χ0n) is 10.4. The third-order valence-corrected chi connectivity index (χ3v) is 3.55. The van der Waals surface area contributed by atoms with E-state index in [4.69, 9.17) is 16.0 Å². The predicted octanol–water partition coefficient (Wildman–Crippen LogP) is 3.91. The maximum absolute atomic E-state index is 11.2. The maximum atomic E-state index is 11.2. The van der Waals surface area contributed by atoms with Gasteiger partial charge in [-0.25, -0.2) is 0 Å². The third kappa shape index (κ3) is 2.66. The van der Waals surface area contributed by atoms with Crippen LogP contribution in [-0.2, 0) is 6.54 Å². The molecule has 1 aliphatic rings. The van der Waals surface area contributed by atoms with Crippen LogP contribution in [0.15, 0.2) is 41.0 Å². The van der Waals surface area contributed by atoms with Crippen LogP contribution >= 0.6 is 11.6 Å². The number of furan rings is 1. The molecule has 2 aromatic rings. The molecular formula is C15H14ClNO2. The molecule has 98 valence electrons. The Balaban J connectivity index is 1.93. The fourth-order valence-electron chi connectivity index (χ4n) is 2.25. The second kappa shape index (κ2) is 5.10. The number of anilines is 1. The van der Waals surface area contributed by atoms with E-state index in [1.807, 2.05) is 24.3 Å². The summed E-state index contributed by atoms with van der Waals surface area (Å²) in [5.74, 6) is 0.902. The van der Waals surface area contributed by atoms with Crippen molar-refractivity contribution < 1.29 is 9.21 Å². The van der Waals surface area contributed by atoms with E-state index >= 15 is 0 Å². The fraction of sp³-hybridized carbons (Fsp3) is 0.267. The molecule has 0 radical (unpaired) electrons. The number of aldehydes is 1. The van der Waals surface area contributed by atoms with Crippen molar-refractivity contribution >= 4 is 23.6 Å². The summed E-state index contributed by atoms with van der Waals surface area (Å²) in [6, 6.07) is 9.76. The van der Waals surface area contributed by atoms with E-state index in [9.17, 15) is 4.79 Å². The molecule has 4 heteroatoms. The molecule has 0 unspecified atom stereocenters. The summed E-state index contributed by atoms with van der Waals surface area (Å²) in [5.41, 5.74) is 1.56. The molecule has 0 N–H and O–H groups in total. The van der Waals surface area contributed by atoms with Crippen LogP contribution in [0, 0.1) is 0 Å². The van der Waals surface area contributed by atoms with Gasteiger partial charge in [0.1, 0.15) is 5.76 Å². The number of rotatable bonds is 5. The minimum Gasteiger partial charge on any atom is -0.467 e. The summed E-state index contributed by atoms with van der Waals surface area (Å²) < 4.78 is 5.40. The van der Waals surface area contributed by atoms with Gasteiger partial charge in [-0.3, -0.25) is 4.79 Å². The molecule has 1 aromatic heterocycles. The van der Waals surface area contributed by atoms with Crippen LogP contribution in [0.3, 0.4) is 0 Å². The van der Waals surface area contributed by atoms with Gasteiger partial charge in [-0.2, -0.15) is 0 Å². The summed E-state index contributed by atoms with van der Waals surface area (Å²) >= 11 is 5.94. The lowest BCUT2D eigenvalue weighted by atomic mass is 10.1. The average Bonchev–Trinajstić information content (AvgIpc) is 3.13. The fourth-order valence-corrected chi connectivity index (χ4v) is 2.43. The molecule has 1 fully saturated rings. The van der Waals surface area contributed by atoms with Crippen LogP contribution < -0.4 is 4.90 Å². The molecule has 0 saturated heterocycles. The number of benzene rings is 1. The van der Waals surface area contributed by atoms with Gasteiger partial charge < -0.3 is 9.32 Å². The van der Waals surface area contributed by atoms with Gasteiger partial charge in [0.25, 0.3) is 0 Å². The first kappa shape index (κ1) is 12.3. The van der Waals surface area contributed by atoms with Crippen molar-refractivity contribution in [2.75, 3.05) is 4.90 Å². The Bertz CT molecular complexity index is 576. The highest BCUT2D eigenvalue weighted by atomic mass is 35.5. The van der Waals surface area contributed by atoms with E-state index in [-0.39, 0.29) is 0 Å².